The molecule has 0 saturated carbocycles. The van der Waals surface area contributed by atoms with Crippen molar-refractivity contribution in [1.29, 1.82) is 0 Å². The molecule has 0 aliphatic carbocycles. The number of carboxylic acid groups (broad SMARTS) is 1. The quantitative estimate of drug-likeness (QED) is 0.643. The van der Waals surface area contributed by atoms with Gasteiger partial charge in [-0.3, -0.25) is 0 Å². The number of carboxylic acids is 1. The van der Waals surface area contributed by atoms with Crippen LogP contribution in [0.1, 0.15) is 24.2 Å². The first kappa shape index (κ1) is 14.3. The Morgan fingerprint density at radius 3 is 2.56 bits per heavy atom. The van der Waals surface area contributed by atoms with E-state index in [0.717, 1.165) is 31.9 Å². The Labute approximate surface area is 108 Å². The molecular weight excluding hydrogens is 230 g/mol. The predicted molar refractivity (Wildman–Crippen MR) is 74.1 cm³/mol. The highest BCUT2D eigenvalue weighted by atomic mass is 16.4. The van der Waals surface area contributed by atoms with Crippen LogP contribution in [-0.4, -0.2) is 42.2 Å². The summed E-state index contributed by atoms with van der Waals surface area (Å²) >= 11 is 0. The summed E-state index contributed by atoms with van der Waals surface area (Å²) in [5.41, 5.74) is 6.96. The Morgan fingerprint density at radius 1 is 1.39 bits per heavy atom. The minimum absolute atomic E-state index is 0.143. The molecule has 0 atom stereocenters. The fourth-order valence-corrected chi connectivity index (χ4v) is 1.77. The number of hydrogen-bond donors (Lipinski definition) is 3. The molecular formula is C13H21N3O2. The van der Waals surface area contributed by atoms with Crippen molar-refractivity contribution in [2.24, 2.45) is 0 Å². The van der Waals surface area contributed by atoms with E-state index in [-0.39, 0.29) is 11.3 Å². The molecule has 0 spiro atoms. The molecule has 0 bridgehead atoms. The number of nitrogens with two attached hydrogens (primary N) is 1. The van der Waals surface area contributed by atoms with Crippen LogP contribution in [0.3, 0.4) is 0 Å². The lowest BCUT2D eigenvalue weighted by molar-refractivity contribution is 0.0698. The van der Waals surface area contributed by atoms with Crippen LogP contribution < -0.4 is 11.1 Å². The zero-order valence-electron chi connectivity index (χ0n) is 10.9. The molecule has 18 heavy (non-hydrogen) atoms. The van der Waals surface area contributed by atoms with E-state index in [1.807, 2.05) is 0 Å². The number of nitrogen functional groups attached to an aromatic ring is 1. The van der Waals surface area contributed by atoms with Gasteiger partial charge in [0.25, 0.3) is 0 Å². The van der Waals surface area contributed by atoms with Crippen LogP contribution in [-0.2, 0) is 0 Å². The molecule has 0 saturated heterocycles. The molecule has 0 aromatic heterocycles. The number of anilines is 2. The topological polar surface area (TPSA) is 78.6 Å². The molecule has 1 aromatic rings. The van der Waals surface area contributed by atoms with Crippen molar-refractivity contribution in [2.75, 3.05) is 37.2 Å². The van der Waals surface area contributed by atoms with E-state index in [0.29, 0.717) is 0 Å². The second-order valence-corrected chi connectivity index (χ2v) is 4.06. The van der Waals surface area contributed by atoms with Crippen molar-refractivity contribution in [3.8, 4) is 0 Å². The van der Waals surface area contributed by atoms with Gasteiger partial charge in [0, 0.05) is 24.5 Å². The summed E-state index contributed by atoms with van der Waals surface area (Å²) in [6.45, 7) is 8.07. The maximum atomic E-state index is 10.8. The van der Waals surface area contributed by atoms with E-state index in [2.05, 4.69) is 24.1 Å². The third-order valence-electron chi connectivity index (χ3n) is 2.93. The van der Waals surface area contributed by atoms with Gasteiger partial charge in [0.2, 0.25) is 0 Å². The third kappa shape index (κ3) is 3.92. The summed E-state index contributed by atoms with van der Waals surface area (Å²) in [6.07, 6.45) is 0. The lowest BCUT2D eigenvalue weighted by atomic mass is 10.1. The first-order valence-electron chi connectivity index (χ1n) is 6.17. The minimum atomic E-state index is -0.998. The summed E-state index contributed by atoms with van der Waals surface area (Å²) in [4.78, 5) is 13.1. The van der Waals surface area contributed by atoms with Gasteiger partial charge in [0.1, 0.15) is 0 Å². The molecule has 0 aliphatic rings. The maximum Gasteiger partial charge on any atom is 0.337 e. The zero-order valence-corrected chi connectivity index (χ0v) is 10.9. The summed E-state index contributed by atoms with van der Waals surface area (Å²) in [7, 11) is 0. The van der Waals surface area contributed by atoms with E-state index in [1.54, 1.807) is 12.1 Å². The van der Waals surface area contributed by atoms with E-state index in [9.17, 15) is 4.79 Å². The third-order valence-corrected chi connectivity index (χ3v) is 2.93. The smallest absolute Gasteiger partial charge is 0.337 e. The van der Waals surface area contributed by atoms with Crippen LogP contribution in [0.4, 0.5) is 11.4 Å². The predicted octanol–water partition coefficient (Wildman–Crippen LogP) is 1.72. The average molecular weight is 251 g/mol. The standard InChI is InChI=1S/C13H21N3O2/c1-3-16(4-2)8-7-15-10-5-6-11(13(17)18)12(14)9-10/h5-6,9,15H,3-4,7-8,14H2,1-2H3,(H,17,18). The van der Waals surface area contributed by atoms with Crippen LogP contribution in [0.25, 0.3) is 0 Å². The summed E-state index contributed by atoms with van der Waals surface area (Å²) in [5, 5.41) is 12.1. The lowest BCUT2D eigenvalue weighted by Crippen LogP contribution is -2.28. The van der Waals surface area contributed by atoms with Gasteiger partial charge < -0.3 is 21.1 Å². The van der Waals surface area contributed by atoms with Crippen LogP contribution in [0.2, 0.25) is 0 Å². The van der Waals surface area contributed by atoms with E-state index in [1.165, 1.54) is 6.07 Å². The Morgan fingerprint density at radius 2 is 2.06 bits per heavy atom. The Balaban J connectivity index is 2.53. The summed E-state index contributed by atoms with van der Waals surface area (Å²) in [6, 6.07) is 4.92. The van der Waals surface area contributed by atoms with Gasteiger partial charge in [0.05, 0.1) is 5.56 Å². The molecule has 0 radical (unpaired) electrons. The van der Waals surface area contributed by atoms with Gasteiger partial charge in [-0.1, -0.05) is 13.8 Å². The summed E-state index contributed by atoms with van der Waals surface area (Å²) < 4.78 is 0. The van der Waals surface area contributed by atoms with Crippen LogP contribution in [0.5, 0.6) is 0 Å². The van der Waals surface area contributed by atoms with Gasteiger partial charge in [-0.15, -0.1) is 0 Å². The number of benzene rings is 1. The number of carbonyl (C=O) groups is 1. The van der Waals surface area contributed by atoms with Crippen molar-refractivity contribution >= 4 is 17.3 Å². The summed E-state index contributed by atoms with van der Waals surface area (Å²) in [5.74, 6) is -0.998. The Bertz CT molecular complexity index is 403. The number of nitrogens with one attached hydrogen (secondary N) is 1. The zero-order chi connectivity index (χ0) is 13.5. The number of likely N-dealkylation sites (N-methyl/N-ethyl adjacent to an activating group) is 1. The van der Waals surface area contributed by atoms with E-state index >= 15 is 0 Å². The van der Waals surface area contributed by atoms with Crippen LogP contribution in [0, 0.1) is 0 Å². The van der Waals surface area contributed by atoms with E-state index < -0.39 is 5.97 Å². The van der Waals surface area contributed by atoms with Gasteiger partial charge >= 0.3 is 5.97 Å². The van der Waals surface area contributed by atoms with Crippen molar-refractivity contribution in [2.45, 2.75) is 13.8 Å². The normalized spacial score (nSPS) is 10.6. The van der Waals surface area contributed by atoms with Crippen molar-refractivity contribution in [3.63, 3.8) is 0 Å². The molecule has 1 rings (SSSR count). The second-order valence-electron chi connectivity index (χ2n) is 4.06. The Hall–Kier alpha value is -1.75. The number of aromatic carboxylic acids is 1. The van der Waals surface area contributed by atoms with Gasteiger partial charge in [0.15, 0.2) is 0 Å². The molecule has 100 valence electrons. The molecule has 0 heterocycles. The second kappa shape index (κ2) is 6.86. The lowest BCUT2D eigenvalue weighted by Gasteiger charge is -2.18. The molecule has 4 N–H and O–H groups in total. The number of rotatable bonds is 7. The van der Waals surface area contributed by atoms with Crippen molar-refractivity contribution in [3.05, 3.63) is 23.8 Å². The van der Waals surface area contributed by atoms with Gasteiger partial charge in [-0.25, -0.2) is 4.79 Å². The van der Waals surface area contributed by atoms with Crippen LogP contribution in [0.15, 0.2) is 18.2 Å². The number of hydrogen-bond acceptors (Lipinski definition) is 4. The number of nitrogens with zero attached hydrogens (tertiary/aromatic N) is 1. The molecule has 0 unspecified atom stereocenters. The fourth-order valence-electron chi connectivity index (χ4n) is 1.77. The molecule has 0 aliphatic heterocycles. The fraction of sp³-hybridized carbons (Fsp3) is 0.462. The molecule has 0 amide bonds. The monoisotopic (exact) mass is 251 g/mol. The van der Waals surface area contributed by atoms with Gasteiger partial charge in [-0.05, 0) is 31.3 Å². The first-order valence-corrected chi connectivity index (χ1v) is 6.17. The van der Waals surface area contributed by atoms with Crippen LogP contribution >= 0.6 is 0 Å². The molecule has 5 nitrogen and oxygen atoms in total. The van der Waals surface area contributed by atoms with E-state index in [4.69, 9.17) is 10.8 Å². The molecule has 0 fully saturated rings. The van der Waals surface area contributed by atoms with Crippen molar-refractivity contribution in [1.82, 2.24) is 4.90 Å². The first-order chi connectivity index (χ1) is 8.58. The highest BCUT2D eigenvalue weighted by molar-refractivity contribution is 5.94. The highest BCUT2D eigenvalue weighted by Gasteiger charge is 2.07. The van der Waals surface area contributed by atoms with Gasteiger partial charge in [-0.2, -0.15) is 0 Å². The molecule has 1 aromatic carbocycles. The SMILES string of the molecule is CCN(CC)CCNc1ccc(C(=O)O)c(N)c1. The Kier molecular flexibility index (Phi) is 5.45. The highest BCUT2D eigenvalue weighted by Crippen LogP contribution is 2.17. The maximum absolute atomic E-state index is 10.8. The van der Waals surface area contributed by atoms with Crippen molar-refractivity contribution < 1.29 is 9.90 Å². The largest absolute Gasteiger partial charge is 0.478 e. The average Bonchev–Trinajstić information content (AvgIpc) is 2.34. The minimum Gasteiger partial charge on any atom is -0.478 e. The molecule has 5 heteroatoms.